The van der Waals surface area contributed by atoms with Gasteiger partial charge in [0, 0.05) is 23.9 Å². The number of anilines is 2. The zero-order chi connectivity index (χ0) is 18.3. The zero-order valence-corrected chi connectivity index (χ0v) is 14.5. The molecule has 1 aromatic heterocycles. The van der Waals surface area contributed by atoms with E-state index >= 15 is 0 Å². The van der Waals surface area contributed by atoms with E-state index in [1.54, 1.807) is 6.07 Å². The number of rotatable bonds is 4. The fraction of sp³-hybridized carbons (Fsp3) is 0.263. The maximum Gasteiger partial charge on any atom is 0.182 e. The number of nitrogens with two attached hydrogens (primary N) is 1. The summed E-state index contributed by atoms with van der Waals surface area (Å²) in [5.74, 6) is 0.645. The summed E-state index contributed by atoms with van der Waals surface area (Å²) in [5, 5.41) is 8.57. The molecule has 0 bridgehead atoms. The van der Waals surface area contributed by atoms with Gasteiger partial charge in [0.15, 0.2) is 12.4 Å². The Morgan fingerprint density at radius 2 is 2.15 bits per heavy atom. The van der Waals surface area contributed by atoms with Gasteiger partial charge >= 0.3 is 0 Å². The van der Waals surface area contributed by atoms with Crippen molar-refractivity contribution in [2.24, 2.45) is 0 Å². The molecule has 4 rings (SSSR count). The quantitative estimate of drug-likeness (QED) is 0.502. The summed E-state index contributed by atoms with van der Waals surface area (Å²) >= 11 is 0. The van der Waals surface area contributed by atoms with Crippen molar-refractivity contribution in [3.05, 3.63) is 53.6 Å². The molecule has 0 amide bonds. The van der Waals surface area contributed by atoms with E-state index in [0.717, 1.165) is 11.1 Å². The van der Waals surface area contributed by atoms with Crippen LogP contribution in [0.2, 0.25) is 0 Å². The van der Waals surface area contributed by atoms with Gasteiger partial charge in [-0.15, -0.1) is 0 Å². The first-order chi connectivity index (χ1) is 12.5. The normalized spacial score (nSPS) is 19.0. The monoisotopic (exact) mass is 351 g/mol. The number of hydrogen-bond acceptors (Lipinski definition) is 5. The molecule has 1 fully saturated rings. The minimum absolute atomic E-state index is 0.234. The van der Waals surface area contributed by atoms with Crippen LogP contribution < -0.4 is 10.6 Å². The lowest BCUT2D eigenvalue weighted by atomic mass is 9.97. The number of hydrogen-bond donors (Lipinski definition) is 2. The third kappa shape index (κ3) is 2.96. The van der Waals surface area contributed by atoms with Crippen LogP contribution in [-0.4, -0.2) is 52.8 Å². The molecule has 132 valence electrons. The molecule has 1 unspecified atom stereocenters. The summed E-state index contributed by atoms with van der Waals surface area (Å²) in [6, 6.07) is 7.39. The van der Waals surface area contributed by atoms with Crippen molar-refractivity contribution in [3.63, 3.8) is 0 Å². The molecule has 3 heterocycles. The molecule has 26 heavy (non-hydrogen) atoms. The van der Waals surface area contributed by atoms with Gasteiger partial charge in [-0.1, -0.05) is 6.07 Å². The lowest BCUT2D eigenvalue weighted by Gasteiger charge is -2.17. The van der Waals surface area contributed by atoms with Crippen LogP contribution in [0.1, 0.15) is 23.2 Å². The SMILES string of the molecule is C[N+]1=CC(c2ccc(N)c(C(=N)c3cc(N4CCC(F)C4)ncn3)c2)=C1. The first kappa shape index (κ1) is 16.4. The molecular weight excluding hydrogens is 331 g/mol. The number of alkyl halides is 1. The smallest absolute Gasteiger partial charge is 0.182 e. The molecule has 0 radical (unpaired) electrons. The summed E-state index contributed by atoms with van der Waals surface area (Å²) in [7, 11) is 1.96. The average molecular weight is 351 g/mol. The second-order valence-corrected chi connectivity index (χ2v) is 6.65. The molecule has 7 heteroatoms. The Morgan fingerprint density at radius 3 is 2.85 bits per heavy atom. The topological polar surface area (TPSA) is 81.9 Å². The average Bonchev–Trinajstić information content (AvgIpc) is 3.06. The van der Waals surface area contributed by atoms with Crippen molar-refractivity contribution in [3.8, 4) is 0 Å². The standard InChI is InChI=1S/C19H20FN6/c1-25-8-13(9-25)12-2-3-16(21)15(6-12)19(22)17-7-18(24-11-23-17)26-5-4-14(20)10-26/h2-3,6-9,11,14,22H,4-5,10,21H2,1H3/q+1. The lowest BCUT2D eigenvalue weighted by molar-refractivity contribution is -0.423. The third-order valence-corrected chi connectivity index (χ3v) is 4.70. The molecule has 2 aliphatic rings. The van der Waals surface area contributed by atoms with E-state index in [1.165, 1.54) is 6.33 Å². The second-order valence-electron chi connectivity index (χ2n) is 6.65. The van der Waals surface area contributed by atoms with Crippen LogP contribution in [0.25, 0.3) is 5.57 Å². The van der Waals surface area contributed by atoms with E-state index in [9.17, 15) is 4.39 Å². The van der Waals surface area contributed by atoms with Gasteiger partial charge in [-0.3, -0.25) is 5.41 Å². The van der Waals surface area contributed by atoms with Gasteiger partial charge in [0.25, 0.3) is 0 Å². The maximum atomic E-state index is 13.5. The van der Waals surface area contributed by atoms with Crippen molar-refractivity contribution < 1.29 is 8.97 Å². The highest BCUT2D eigenvalue weighted by Gasteiger charge is 2.24. The van der Waals surface area contributed by atoms with Crippen molar-refractivity contribution in [2.45, 2.75) is 12.6 Å². The Labute approximate surface area is 151 Å². The largest absolute Gasteiger partial charge is 0.398 e. The number of benzene rings is 1. The minimum Gasteiger partial charge on any atom is -0.398 e. The fourth-order valence-electron chi connectivity index (χ4n) is 3.25. The lowest BCUT2D eigenvalue weighted by Crippen LogP contribution is -2.22. The van der Waals surface area contributed by atoms with Gasteiger partial charge in [0.05, 0.1) is 18.0 Å². The van der Waals surface area contributed by atoms with Crippen LogP contribution >= 0.6 is 0 Å². The predicted molar refractivity (Wildman–Crippen MR) is 101 cm³/mol. The summed E-state index contributed by atoms with van der Waals surface area (Å²) in [6.07, 6.45) is 5.13. The third-order valence-electron chi connectivity index (χ3n) is 4.70. The molecule has 0 spiro atoms. The molecule has 1 saturated heterocycles. The Kier molecular flexibility index (Phi) is 3.99. The molecule has 2 aromatic rings. The first-order valence-electron chi connectivity index (χ1n) is 8.50. The highest BCUT2D eigenvalue weighted by Crippen LogP contribution is 2.25. The van der Waals surface area contributed by atoms with Crippen LogP contribution in [0.15, 0.2) is 36.8 Å². The number of nitrogens with zero attached hydrogens (tertiary/aromatic N) is 4. The molecule has 6 nitrogen and oxygen atoms in total. The summed E-state index contributed by atoms with van der Waals surface area (Å²) in [6.45, 7) is 0.957. The highest BCUT2D eigenvalue weighted by atomic mass is 19.1. The van der Waals surface area contributed by atoms with E-state index in [2.05, 4.69) is 9.97 Å². The molecule has 0 aliphatic carbocycles. The predicted octanol–water partition coefficient (Wildman–Crippen LogP) is 2.09. The van der Waals surface area contributed by atoms with Crippen LogP contribution in [0.3, 0.4) is 0 Å². The summed E-state index contributed by atoms with van der Waals surface area (Å²) in [5.41, 5.74) is 10.1. The molecule has 2 aliphatic heterocycles. The zero-order valence-electron chi connectivity index (χ0n) is 14.5. The van der Waals surface area contributed by atoms with E-state index in [1.807, 2.05) is 47.1 Å². The van der Waals surface area contributed by atoms with Gasteiger partial charge in [-0.2, -0.15) is 0 Å². The molecule has 3 N–H and O–H groups in total. The van der Waals surface area contributed by atoms with Gasteiger partial charge in [0.1, 0.15) is 30.9 Å². The summed E-state index contributed by atoms with van der Waals surface area (Å²) in [4.78, 5) is 10.3. The van der Waals surface area contributed by atoms with Crippen molar-refractivity contribution >= 4 is 29.0 Å². The number of allylic oxidation sites excluding steroid dienone is 1. The fourth-order valence-corrected chi connectivity index (χ4v) is 3.25. The molecular formula is C19H20FN6+. The number of halogens is 1. The molecule has 1 atom stereocenters. The Hall–Kier alpha value is -3.09. The van der Waals surface area contributed by atoms with Crippen LogP contribution in [-0.2, 0) is 0 Å². The maximum absolute atomic E-state index is 13.5. The van der Waals surface area contributed by atoms with Crippen LogP contribution in [0.4, 0.5) is 15.9 Å². The van der Waals surface area contributed by atoms with Gasteiger partial charge in [-0.25, -0.2) is 18.9 Å². The van der Waals surface area contributed by atoms with Crippen molar-refractivity contribution in [1.29, 1.82) is 5.41 Å². The molecule has 1 aromatic carbocycles. The van der Waals surface area contributed by atoms with Gasteiger partial charge in [0.2, 0.25) is 0 Å². The number of aromatic nitrogens is 2. The van der Waals surface area contributed by atoms with E-state index in [0.29, 0.717) is 42.3 Å². The van der Waals surface area contributed by atoms with Gasteiger partial charge in [-0.05, 0) is 24.1 Å². The van der Waals surface area contributed by atoms with Crippen molar-refractivity contribution in [1.82, 2.24) is 9.97 Å². The second kappa shape index (κ2) is 6.33. The van der Waals surface area contributed by atoms with Gasteiger partial charge < -0.3 is 10.6 Å². The first-order valence-corrected chi connectivity index (χ1v) is 8.50. The highest BCUT2D eigenvalue weighted by molar-refractivity contribution is 6.15. The van der Waals surface area contributed by atoms with Crippen LogP contribution in [0.5, 0.6) is 0 Å². The van der Waals surface area contributed by atoms with Crippen LogP contribution in [0, 0.1) is 5.41 Å². The summed E-state index contributed by atoms with van der Waals surface area (Å²) < 4.78 is 15.4. The number of nitrogen functional groups attached to an aromatic ring is 1. The Bertz CT molecular complexity index is 949. The Balaban J connectivity index is 1.64. The molecule has 0 saturated carbocycles. The van der Waals surface area contributed by atoms with E-state index in [-0.39, 0.29) is 5.71 Å². The van der Waals surface area contributed by atoms with E-state index in [4.69, 9.17) is 11.1 Å². The number of nitrogens with one attached hydrogen (secondary N) is 1. The Morgan fingerprint density at radius 1 is 1.35 bits per heavy atom. The van der Waals surface area contributed by atoms with Crippen molar-refractivity contribution in [2.75, 3.05) is 30.8 Å². The van der Waals surface area contributed by atoms with E-state index < -0.39 is 6.17 Å². The minimum atomic E-state index is -0.828.